The summed E-state index contributed by atoms with van der Waals surface area (Å²) in [7, 11) is 0. The van der Waals surface area contributed by atoms with Crippen molar-refractivity contribution in [2.45, 2.75) is 0 Å². The van der Waals surface area contributed by atoms with Crippen molar-refractivity contribution in [2.24, 2.45) is 0 Å². The molecule has 0 aliphatic rings. The van der Waals surface area contributed by atoms with Crippen molar-refractivity contribution in [3.05, 3.63) is 47.0 Å². The summed E-state index contributed by atoms with van der Waals surface area (Å²) in [6.07, 6.45) is 0. The van der Waals surface area contributed by atoms with Crippen LogP contribution in [0.1, 0.15) is 10.4 Å². The second-order valence-electron chi connectivity index (χ2n) is 2.95. The van der Waals surface area contributed by atoms with Gasteiger partial charge >= 0.3 is 0 Å². The zero-order valence-electron chi connectivity index (χ0n) is 7.13. The highest BCUT2D eigenvalue weighted by Crippen LogP contribution is 2.24. The highest BCUT2D eigenvalue weighted by molar-refractivity contribution is 6.67. The maximum Gasteiger partial charge on any atom is 0.252 e. The van der Waals surface area contributed by atoms with E-state index >= 15 is 0 Å². The third kappa shape index (κ3) is 1.61. The molecule has 1 nitrogen and oxygen atoms in total. The molecule has 0 bridgehead atoms. The van der Waals surface area contributed by atoms with Crippen molar-refractivity contribution in [1.29, 1.82) is 0 Å². The molecule has 14 heavy (non-hydrogen) atoms. The molecular formula is C11H6Cl2O. The SMILES string of the molecule is O=C(Cl)c1ccc2c(Cl)cccc2c1. The molecule has 70 valence electrons. The third-order valence-electron chi connectivity index (χ3n) is 2.05. The van der Waals surface area contributed by atoms with Gasteiger partial charge in [-0.25, -0.2) is 0 Å². The van der Waals surface area contributed by atoms with Crippen molar-refractivity contribution in [3.63, 3.8) is 0 Å². The zero-order chi connectivity index (χ0) is 10.1. The Morgan fingerprint density at radius 2 is 1.93 bits per heavy atom. The van der Waals surface area contributed by atoms with Crippen LogP contribution in [0.3, 0.4) is 0 Å². The van der Waals surface area contributed by atoms with Gasteiger partial charge in [-0.2, -0.15) is 0 Å². The molecule has 2 rings (SSSR count). The van der Waals surface area contributed by atoms with E-state index in [1.807, 2.05) is 18.2 Å². The average Bonchev–Trinajstić information content (AvgIpc) is 2.17. The van der Waals surface area contributed by atoms with E-state index < -0.39 is 5.24 Å². The van der Waals surface area contributed by atoms with Gasteiger partial charge in [0.2, 0.25) is 0 Å². The lowest BCUT2D eigenvalue weighted by molar-refractivity contribution is 0.108. The Kier molecular flexibility index (Phi) is 2.44. The number of carbonyl (C=O) groups excluding carboxylic acids is 1. The molecule has 2 aromatic carbocycles. The summed E-state index contributed by atoms with van der Waals surface area (Å²) in [6.45, 7) is 0. The molecule has 0 spiro atoms. The van der Waals surface area contributed by atoms with Crippen LogP contribution >= 0.6 is 23.2 Å². The molecular weight excluding hydrogens is 219 g/mol. The second kappa shape index (κ2) is 3.60. The number of hydrogen-bond donors (Lipinski definition) is 0. The number of halogens is 2. The smallest absolute Gasteiger partial charge is 0.252 e. The summed E-state index contributed by atoms with van der Waals surface area (Å²) in [6, 6.07) is 10.7. The predicted molar refractivity (Wildman–Crippen MR) is 59.1 cm³/mol. The maximum absolute atomic E-state index is 10.9. The Morgan fingerprint density at radius 1 is 1.14 bits per heavy atom. The first kappa shape index (κ1) is 9.50. The summed E-state index contributed by atoms with van der Waals surface area (Å²) >= 11 is 11.3. The van der Waals surface area contributed by atoms with Gasteiger partial charge in [0.15, 0.2) is 0 Å². The molecule has 2 aromatic rings. The van der Waals surface area contributed by atoms with Crippen LogP contribution in [0.25, 0.3) is 10.8 Å². The van der Waals surface area contributed by atoms with Gasteiger partial charge in [0.25, 0.3) is 5.24 Å². The van der Waals surface area contributed by atoms with E-state index in [1.165, 1.54) is 0 Å². The molecule has 0 aliphatic heterocycles. The molecule has 0 saturated carbocycles. The zero-order valence-corrected chi connectivity index (χ0v) is 8.64. The maximum atomic E-state index is 10.9. The van der Waals surface area contributed by atoms with Crippen LogP contribution in [-0.4, -0.2) is 5.24 Å². The molecule has 0 aromatic heterocycles. The van der Waals surface area contributed by atoms with Crippen LogP contribution in [0.15, 0.2) is 36.4 Å². The minimum absolute atomic E-state index is 0.452. The molecule has 0 saturated heterocycles. The summed E-state index contributed by atoms with van der Waals surface area (Å²) in [5.74, 6) is 0. The van der Waals surface area contributed by atoms with Gasteiger partial charge in [-0.05, 0) is 35.2 Å². The minimum Gasteiger partial charge on any atom is -0.276 e. The Hall–Kier alpha value is -1.05. The minimum atomic E-state index is -0.452. The molecule has 0 unspecified atom stereocenters. The van der Waals surface area contributed by atoms with Crippen LogP contribution in [0, 0.1) is 0 Å². The molecule has 3 heteroatoms. The summed E-state index contributed by atoms with van der Waals surface area (Å²) in [5, 5.41) is 2.07. The quantitative estimate of drug-likeness (QED) is 0.673. The predicted octanol–water partition coefficient (Wildman–Crippen LogP) is 3.87. The van der Waals surface area contributed by atoms with Crippen molar-refractivity contribution in [3.8, 4) is 0 Å². The number of rotatable bonds is 1. The highest BCUT2D eigenvalue weighted by atomic mass is 35.5. The van der Waals surface area contributed by atoms with E-state index in [-0.39, 0.29) is 0 Å². The first-order chi connectivity index (χ1) is 6.68. The first-order valence-corrected chi connectivity index (χ1v) is 4.82. The van der Waals surface area contributed by atoms with Gasteiger partial charge in [0.05, 0.1) is 0 Å². The van der Waals surface area contributed by atoms with Gasteiger partial charge in [0.1, 0.15) is 0 Å². The summed E-state index contributed by atoms with van der Waals surface area (Å²) in [4.78, 5) is 10.9. The monoisotopic (exact) mass is 224 g/mol. The molecule has 0 amide bonds. The second-order valence-corrected chi connectivity index (χ2v) is 3.70. The van der Waals surface area contributed by atoms with E-state index in [4.69, 9.17) is 23.2 Å². The Balaban J connectivity index is 2.73. The standard InChI is InChI=1S/C11H6Cl2O/c12-10-3-1-2-7-6-8(11(13)14)4-5-9(7)10/h1-6H. The fraction of sp³-hybridized carbons (Fsp3) is 0. The molecule has 0 aliphatic carbocycles. The fourth-order valence-electron chi connectivity index (χ4n) is 1.37. The van der Waals surface area contributed by atoms with Crippen LogP contribution < -0.4 is 0 Å². The van der Waals surface area contributed by atoms with E-state index in [0.717, 1.165) is 10.8 Å². The summed E-state index contributed by atoms with van der Waals surface area (Å²) < 4.78 is 0. The molecule has 0 heterocycles. The normalized spacial score (nSPS) is 10.4. The Bertz CT molecular complexity index is 506. The molecule has 0 atom stereocenters. The number of hydrogen-bond acceptors (Lipinski definition) is 1. The summed E-state index contributed by atoms with van der Waals surface area (Å²) in [5.41, 5.74) is 0.487. The lowest BCUT2D eigenvalue weighted by Crippen LogP contribution is -1.87. The van der Waals surface area contributed by atoms with Crippen LogP contribution in [-0.2, 0) is 0 Å². The van der Waals surface area contributed by atoms with Crippen molar-refractivity contribution < 1.29 is 4.79 Å². The van der Waals surface area contributed by atoms with Gasteiger partial charge in [-0.15, -0.1) is 0 Å². The molecule has 0 fully saturated rings. The Morgan fingerprint density at radius 3 is 2.64 bits per heavy atom. The topological polar surface area (TPSA) is 17.1 Å². The van der Waals surface area contributed by atoms with Gasteiger partial charge in [-0.3, -0.25) is 4.79 Å². The number of carbonyl (C=O) groups is 1. The largest absolute Gasteiger partial charge is 0.276 e. The van der Waals surface area contributed by atoms with E-state index in [0.29, 0.717) is 10.6 Å². The van der Waals surface area contributed by atoms with Crippen LogP contribution in [0.5, 0.6) is 0 Å². The van der Waals surface area contributed by atoms with Crippen molar-refractivity contribution in [1.82, 2.24) is 0 Å². The highest BCUT2D eigenvalue weighted by Gasteiger charge is 2.03. The molecule has 0 radical (unpaired) electrons. The van der Waals surface area contributed by atoms with E-state index in [2.05, 4.69) is 0 Å². The third-order valence-corrected chi connectivity index (χ3v) is 2.60. The lowest BCUT2D eigenvalue weighted by atomic mass is 10.1. The van der Waals surface area contributed by atoms with E-state index in [1.54, 1.807) is 18.2 Å². The van der Waals surface area contributed by atoms with Gasteiger partial charge in [0, 0.05) is 16.0 Å². The van der Waals surface area contributed by atoms with Crippen LogP contribution in [0.2, 0.25) is 5.02 Å². The number of benzene rings is 2. The average molecular weight is 225 g/mol. The van der Waals surface area contributed by atoms with Gasteiger partial charge in [-0.1, -0.05) is 29.8 Å². The molecule has 0 N–H and O–H groups in total. The van der Waals surface area contributed by atoms with Gasteiger partial charge < -0.3 is 0 Å². The lowest BCUT2D eigenvalue weighted by Gasteiger charge is -2.01. The van der Waals surface area contributed by atoms with Crippen molar-refractivity contribution >= 4 is 39.2 Å². The fourth-order valence-corrected chi connectivity index (χ4v) is 1.73. The van der Waals surface area contributed by atoms with E-state index in [9.17, 15) is 4.79 Å². The number of fused-ring (bicyclic) bond motifs is 1. The first-order valence-electron chi connectivity index (χ1n) is 4.06. The van der Waals surface area contributed by atoms with Crippen LogP contribution in [0.4, 0.5) is 0 Å². The Labute approximate surface area is 91.2 Å². The van der Waals surface area contributed by atoms with Crippen molar-refractivity contribution in [2.75, 3.05) is 0 Å².